The van der Waals surface area contributed by atoms with Gasteiger partial charge in [0.05, 0.1) is 17.1 Å². The Morgan fingerprint density at radius 1 is 1.29 bits per heavy atom. The molecule has 0 aliphatic carbocycles. The summed E-state index contributed by atoms with van der Waals surface area (Å²) >= 11 is 0. The SMILES string of the molecule is CCNC(Cc1nc2ccccc2n1C)C(OC)C(C)C. The van der Waals surface area contributed by atoms with E-state index in [2.05, 4.69) is 55.9 Å². The zero-order valence-electron chi connectivity index (χ0n) is 13.8. The summed E-state index contributed by atoms with van der Waals surface area (Å²) in [6, 6.07) is 8.55. The highest BCUT2D eigenvalue weighted by molar-refractivity contribution is 5.75. The van der Waals surface area contributed by atoms with E-state index in [1.165, 1.54) is 5.52 Å². The molecule has 4 nitrogen and oxygen atoms in total. The minimum absolute atomic E-state index is 0.185. The first-order chi connectivity index (χ1) is 10.1. The molecule has 0 radical (unpaired) electrons. The van der Waals surface area contributed by atoms with Crippen LogP contribution in [0.3, 0.4) is 0 Å². The van der Waals surface area contributed by atoms with Gasteiger partial charge in [-0.2, -0.15) is 0 Å². The summed E-state index contributed by atoms with van der Waals surface area (Å²) < 4.78 is 7.90. The molecule has 0 aliphatic heterocycles. The normalized spacial score (nSPS) is 14.8. The number of rotatable bonds is 7. The fraction of sp³-hybridized carbons (Fsp3) is 0.588. The molecule has 1 aromatic carbocycles. The Labute approximate surface area is 127 Å². The van der Waals surface area contributed by atoms with Gasteiger partial charge in [0.2, 0.25) is 0 Å². The van der Waals surface area contributed by atoms with Gasteiger partial charge in [0, 0.05) is 26.6 Å². The first-order valence-electron chi connectivity index (χ1n) is 7.75. The molecule has 4 heteroatoms. The molecule has 0 aliphatic rings. The molecule has 2 rings (SSSR count). The maximum absolute atomic E-state index is 5.71. The molecule has 21 heavy (non-hydrogen) atoms. The van der Waals surface area contributed by atoms with E-state index in [0.717, 1.165) is 24.3 Å². The van der Waals surface area contributed by atoms with Crippen molar-refractivity contribution in [2.24, 2.45) is 13.0 Å². The Morgan fingerprint density at radius 3 is 2.57 bits per heavy atom. The predicted octanol–water partition coefficient (Wildman–Crippen LogP) is 2.76. The lowest BCUT2D eigenvalue weighted by Crippen LogP contribution is -2.45. The van der Waals surface area contributed by atoms with Crippen molar-refractivity contribution in [3.63, 3.8) is 0 Å². The van der Waals surface area contributed by atoms with E-state index in [4.69, 9.17) is 9.72 Å². The third-order valence-electron chi connectivity index (χ3n) is 4.07. The number of nitrogens with one attached hydrogen (secondary N) is 1. The zero-order chi connectivity index (χ0) is 15.4. The van der Waals surface area contributed by atoms with Crippen LogP contribution in [-0.4, -0.2) is 35.4 Å². The number of methoxy groups -OCH3 is 1. The van der Waals surface area contributed by atoms with Crippen LogP contribution in [0.5, 0.6) is 0 Å². The molecule has 1 N–H and O–H groups in total. The van der Waals surface area contributed by atoms with Gasteiger partial charge in [-0.25, -0.2) is 4.98 Å². The van der Waals surface area contributed by atoms with Gasteiger partial charge in [-0.05, 0) is 24.6 Å². The second-order valence-corrected chi connectivity index (χ2v) is 5.89. The Kier molecular flexibility index (Phi) is 5.37. The maximum atomic E-state index is 5.71. The van der Waals surface area contributed by atoms with Crippen molar-refractivity contribution in [1.29, 1.82) is 0 Å². The number of fused-ring (bicyclic) bond motifs is 1. The predicted molar refractivity (Wildman–Crippen MR) is 87.5 cm³/mol. The van der Waals surface area contributed by atoms with Crippen LogP contribution in [0.15, 0.2) is 24.3 Å². The van der Waals surface area contributed by atoms with Gasteiger partial charge in [0.1, 0.15) is 5.82 Å². The van der Waals surface area contributed by atoms with Crippen LogP contribution in [-0.2, 0) is 18.2 Å². The second kappa shape index (κ2) is 7.05. The van der Waals surface area contributed by atoms with E-state index in [1.807, 2.05) is 6.07 Å². The van der Waals surface area contributed by atoms with Gasteiger partial charge >= 0.3 is 0 Å². The van der Waals surface area contributed by atoms with Crippen molar-refractivity contribution >= 4 is 11.0 Å². The van der Waals surface area contributed by atoms with E-state index in [0.29, 0.717) is 5.92 Å². The Balaban J connectivity index is 2.28. The van der Waals surface area contributed by atoms with Crippen LogP contribution in [0, 0.1) is 5.92 Å². The number of aromatic nitrogens is 2. The molecule has 2 atom stereocenters. The highest BCUT2D eigenvalue weighted by atomic mass is 16.5. The fourth-order valence-electron chi connectivity index (χ4n) is 3.04. The van der Waals surface area contributed by atoms with Crippen molar-refractivity contribution in [3.8, 4) is 0 Å². The third kappa shape index (κ3) is 3.44. The van der Waals surface area contributed by atoms with Crippen LogP contribution in [0.4, 0.5) is 0 Å². The quantitative estimate of drug-likeness (QED) is 0.852. The average molecular weight is 289 g/mol. The molecule has 0 amide bonds. The van der Waals surface area contributed by atoms with E-state index >= 15 is 0 Å². The van der Waals surface area contributed by atoms with Crippen molar-refractivity contribution in [3.05, 3.63) is 30.1 Å². The van der Waals surface area contributed by atoms with Crippen molar-refractivity contribution in [1.82, 2.24) is 14.9 Å². The highest BCUT2D eigenvalue weighted by Crippen LogP contribution is 2.18. The number of nitrogens with zero attached hydrogens (tertiary/aromatic N) is 2. The van der Waals surface area contributed by atoms with E-state index in [-0.39, 0.29) is 12.1 Å². The summed E-state index contributed by atoms with van der Waals surface area (Å²) in [5.74, 6) is 1.57. The first-order valence-corrected chi connectivity index (χ1v) is 7.75. The standard InChI is InChI=1S/C17H27N3O/c1-6-18-14(17(21-5)12(2)3)11-16-19-13-9-7-8-10-15(13)20(16)4/h7-10,12,14,17-18H,6,11H2,1-5H3. The second-order valence-electron chi connectivity index (χ2n) is 5.89. The number of para-hydroxylation sites is 2. The number of aryl methyl sites for hydroxylation is 1. The smallest absolute Gasteiger partial charge is 0.111 e. The molecule has 116 valence electrons. The molecule has 2 aromatic rings. The monoisotopic (exact) mass is 289 g/mol. The molecule has 0 fully saturated rings. The minimum atomic E-state index is 0.185. The Bertz CT molecular complexity index is 576. The van der Waals surface area contributed by atoms with E-state index in [1.54, 1.807) is 7.11 Å². The van der Waals surface area contributed by atoms with Gasteiger partial charge in [-0.15, -0.1) is 0 Å². The molecule has 1 aromatic heterocycles. The Morgan fingerprint density at radius 2 is 2.00 bits per heavy atom. The first kappa shape index (κ1) is 16.0. The molecule has 0 bridgehead atoms. The van der Waals surface area contributed by atoms with Crippen molar-refractivity contribution in [2.75, 3.05) is 13.7 Å². The lowest BCUT2D eigenvalue weighted by molar-refractivity contribution is 0.0330. The average Bonchev–Trinajstić information content (AvgIpc) is 2.77. The van der Waals surface area contributed by atoms with Crippen molar-refractivity contribution in [2.45, 2.75) is 39.3 Å². The van der Waals surface area contributed by atoms with Gasteiger partial charge < -0.3 is 14.6 Å². The number of hydrogen-bond donors (Lipinski definition) is 1. The number of likely N-dealkylation sites (N-methyl/N-ethyl adjacent to an activating group) is 1. The molecule has 0 saturated carbocycles. The largest absolute Gasteiger partial charge is 0.380 e. The van der Waals surface area contributed by atoms with Crippen LogP contribution in [0.2, 0.25) is 0 Å². The summed E-state index contributed by atoms with van der Waals surface area (Å²) in [7, 11) is 3.88. The summed E-state index contributed by atoms with van der Waals surface area (Å²) in [4.78, 5) is 4.78. The Hall–Kier alpha value is -1.39. The zero-order valence-corrected chi connectivity index (χ0v) is 13.8. The summed E-state index contributed by atoms with van der Waals surface area (Å²) in [5.41, 5.74) is 2.24. The summed E-state index contributed by atoms with van der Waals surface area (Å²) in [5, 5.41) is 3.56. The number of benzene rings is 1. The molecular weight excluding hydrogens is 262 g/mol. The molecule has 0 spiro atoms. The van der Waals surface area contributed by atoms with Gasteiger partial charge in [0.25, 0.3) is 0 Å². The molecular formula is C17H27N3O. The number of ether oxygens (including phenoxy) is 1. The van der Waals surface area contributed by atoms with Crippen LogP contribution in [0.1, 0.15) is 26.6 Å². The molecule has 1 heterocycles. The lowest BCUT2D eigenvalue weighted by atomic mass is 9.96. The minimum Gasteiger partial charge on any atom is -0.380 e. The van der Waals surface area contributed by atoms with Gasteiger partial charge in [-0.3, -0.25) is 0 Å². The highest BCUT2D eigenvalue weighted by Gasteiger charge is 2.25. The number of hydrogen-bond acceptors (Lipinski definition) is 3. The maximum Gasteiger partial charge on any atom is 0.111 e. The van der Waals surface area contributed by atoms with Gasteiger partial charge in [-0.1, -0.05) is 32.9 Å². The van der Waals surface area contributed by atoms with Gasteiger partial charge in [0.15, 0.2) is 0 Å². The topological polar surface area (TPSA) is 39.1 Å². The van der Waals surface area contributed by atoms with Crippen molar-refractivity contribution < 1.29 is 4.74 Å². The summed E-state index contributed by atoms with van der Waals surface area (Å²) in [6.45, 7) is 7.47. The molecule has 0 saturated heterocycles. The number of imidazole rings is 1. The van der Waals surface area contributed by atoms with Crippen LogP contribution in [0.25, 0.3) is 11.0 Å². The summed E-state index contributed by atoms with van der Waals surface area (Å²) in [6.07, 6.45) is 1.06. The van der Waals surface area contributed by atoms with E-state index < -0.39 is 0 Å². The lowest BCUT2D eigenvalue weighted by Gasteiger charge is -2.29. The fourth-order valence-corrected chi connectivity index (χ4v) is 3.04. The van der Waals surface area contributed by atoms with Crippen LogP contribution < -0.4 is 5.32 Å². The van der Waals surface area contributed by atoms with Crippen LogP contribution >= 0.6 is 0 Å². The third-order valence-corrected chi connectivity index (χ3v) is 4.07. The van der Waals surface area contributed by atoms with E-state index in [9.17, 15) is 0 Å². The molecule has 2 unspecified atom stereocenters.